The normalized spacial score (nSPS) is 16.3. The molecule has 0 aromatic carbocycles. The molecule has 18 heavy (non-hydrogen) atoms. The fourth-order valence-corrected chi connectivity index (χ4v) is 2.97. The predicted molar refractivity (Wildman–Crippen MR) is 78.2 cm³/mol. The van der Waals surface area contributed by atoms with Crippen molar-refractivity contribution >= 4 is 38.8 Å². The lowest BCUT2D eigenvalue weighted by atomic mass is 10.1. The van der Waals surface area contributed by atoms with E-state index in [1.54, 1.807) is 0 Å². The van der Waals surface area contributed by atoms with Gasteiger partial charge in [0.2, 0.25) is 0 Å². The van der Waals surface area contributed by atoms with E-state index in [4.69, 9.17) is 17.3 Å². The summed E-state index contributed by atoms with van der Waals surface area (Å²) in [5.41, 5.74) is 5.54. The highest BCUT2D eigenvalue weighted by Gasteiger charge is 2.05. The second-order valence-corrected chi connectivity index (χ2v) is 5.68. The van der Waals surface area contributed by atoms with Gasteiger partial charge in [-0.3, -0.25) is 0 Å². The van der Waals surface area contributed by atoms with Crippen LogP contribution in [-0.2, 0) is 0 Å². The molecule has 0 amide bonds. The molecule has 4 nitrogen and oxygen atoms in total. The topological polar surface area (TPSA) is 55.0 Å². The minimum atomic E-state index is 0.421. The van der Waals surface area contributed by atoms with Crippen LogP contribution in [0.5, 0.6) is 0 Å². The number of rotatable bonds is 0. The molecule has 98 valence electrons. The molecular formula is C12H17ClN4S. The molecular weight excluding hydrogens is 268 g/mol. The first kappa shape index (κ1) is 13.5. The van der Waals surface area contributed by atoms with Gasteiger partial charge in [0.05, 0.1) is 4.70 Å². The van der Waals surface area contributed by atoms with E-state index < -0.39 is 0 Å². The van der Waals surface area contributed by atoms with Crippen LogP contribution >= 0.6 is 22.9 Å². The molecule has 0 unspecified atom stereocenters. The van der Waals surface area contributed by atoms with Gasteiger partial charge in [0.15, 0.2) is 11.0 Å². The van der Waals surface area contributed by atoms with Crippen LogP contribution in [0.15, 0.2) is 11.4 Å². The second-order valence-electron chi connectivity index (χ2n) is 4.40. The Balaban J connectivity index is 0.000000149. The van der Waals surface area contributed by atoms with Gasteiger partial charge >= 0.3 is 0 Å². The molecule has 2 aromatic heterocycles. The summed E-state index contributed by atoms with van der Waals surface area (Å²) >= 11 is 7.27. The molecule has 1 aliphatic heterocycles. The van der Waals surface area contributed by atoms with Crippen LogP contribution in [0.1, 0.15) is 19.3 Å². The zero-order chi connectivity index (χ0) is 13.0. The van der Waals surface area contributed by atoms with Gasteiger partial charge in [-0.25, -0.2) is 0 Å². The summed E-state index contributed by atoms with van der Waals surface area (Å²) in [6.07, 6.45) is 4.28. The van der Waals surface area contributed by atoms with Crippen molar-refractivity contribution < 1.29 is 0 Å². The number of halogens is 1. The van der Waals surface area contributed by atoms with Crippen LogP contribution in [0, 0.1) is 0 Å². The Labute approximate surface area is 116 Å². The van der Waals surface area contributed by atoms with E-state index in [1.165, 1.54) is 43.7 Å². The summed E-state index contributed by atoms with van der Waals surface area (Å²) in [7, 11) is 2.19. The van der Waals surface area contributed by atoms with Crippen molar-refractivity contribution in [2.24, 2.45) is 0 Å². The largest absolute Gasteiger partial charge is 0.382 e. The standard InChI is InChI=1S/C6H4ClN3S.C6H13N/c7-5-4-3(1-2-11-4)6(8)10-9-5;1-7-5-3-2-4-6-7/h1-2H,(H2,8,10);2-6H2,1H3. The van der Waals surface area contributed by atoms with Crippen molar-refractivity contribution in [2.75, 3.05) is 25.9 Å². The Bertz CT molecular complexity index is 472. The lowest BCUT2D eigenvalue weighted by molar-refractivity contribution is 0.277. The number of nitrogens with zero attached hydrogens (tertiary/aromatic N) is 3. The number of aromatic nitrogens is 2. The number of thiophene rings is 1. The van der Waals surface area contributed by atoms with Crippen molar-refractivity contribution in [3.8, 4) is 0 Å². The molecule has 1 saturated heterocycles. The molecule has 2 N–H and O–H groups in total. The molecule has 0 spiro atoms. The number of hydrogen-bond acceptors (Lipinski definition) is 5. The summed E-state index contributed by atoms with van der Waals surface area (Å²) in [6.45, 7) is 2.64. The highest BCUT2D eigenvalue weighted by atomic mass is 35.5. The van der Waals surface area contributed by atoms with Crippen LogP contribution in [0.3, 0.4) is 0 Å². The zero-order valence-electron chi connectivity index (χ0n) is 10.4. The highest BCUT2D eigenvalue weighted by molar-refractivity contribution is 7.17. The summed E-state index contributed by atoms with van der Waals surface area (Å²) in [5.74, 6) is 0.436. The number of anilines is 1. The maximum absolute atomic E-state index is 5.75. The third-order valence-electron chi connectivity index (χ3n) is 2.95. The van der Waals surface area contributed by atoms with Gasteiger partial charge < -0.3 is 10.6 Å². The number of fused-ring (bicyclic) bond motifs is 1. The first-order chi connectivity index (χ1) is 8.68. The lowest BCUT2D eigenvalue weighted by Crippen LogP contribution is -2.24. The fraction of sp³-hybridized carbons (Fsp3) is 0.500. The SMILES string of the molecule is CN1CCCCC1.Nc1nnc(Cl)c2sccc12. The number of piperidine rings is 1. The van der Waals surface area contributed by atoms with Crippen LogP contribution in [-0.4, -0.2) is 35.2 Å². The van der Waals surface area contributed by atoms with E-state index in [2.05, 4.69) is 22.1 Å². The number of hydrogen-bond donors (Lipinski definition) is 1. The van der Waals surface area contributed by atoms with Crippen molar-refractivity contribution in [3.05, 3.63) is 16.6 Å². The van der Waals surface area contributed by atoms with Gasteiger partial charge in [-0.05, 0) is 44.4 Å². The molecule has 3 heterocycles. The van der Waals surface area contributed by atoms with Crippen LogP contribution in [0.4, 0.5) is 5.82 Å². The Morgan fingerprint density at radius 1 is 1.28 bits per heavy atom. The van der Waals surface area contributed by atoms with E-state index in [0.717, 1.165) is 10.1 Å². The van der Waals surface area contributed by atoms with Crippen LogP contribution in [0.2, 0.25) is 5.15 Å². The Morgan fingerprint density at radius 3 is 2.56 bits per heavy atom. The number of nitrogen functional groups attached to an aromatic ring is 1. The molecule has 0 bridgehead atoms. The van der Waals surface area contributed by atoms with E-state index in [-0.39, 0.29) is 0 Å². The van der Waals surface area contributed by atoms with Crippen molar-refractivity contribution in [2.45, 2.75) is 19.3 Å². The average molecular weight is 285 g/mol. The van der Waals surface area contributed by atoms with Crippen molar-refractivity contribution in [1.29, 1.82) is 0 Å². The monoisotopic (exact) mass is 284 g/mol. The summed E-state index contributed by atoms with van der Waals surface area (Å²) in [6, 6.07) is 1.88. The Kier molecular flexibility index (Phi) is 4.74. The van der Waals surface area contributed by atoms with Gasteiger partial charge in [-0.15, -0.1) is 21.5 Å². The van der Waals surface area contributed by atoms with E-state index >= 15 is 0 Å². The first-order valence-electron chi connectivity index (χ1n) is 6.02. The van der Waals surface area contributed by atoms with E-state index in [0.29, 0.717) is 11.0 Å². The predicted octanol–water partition coefficient (Wildman–Crippen LogP) is 3.03. The molecule has 6 heteroatoms. The van der Waals surface area contributed by atoms with Gasteiger partial charge in [-0.2, -0.15) is 0 Å². The maximum atomic E-state index is 5.75. The molecule has 3 rings (SSSR count). The summed E-state index contributed by atoms with van der Waals surface area (Å²) in [4.78, 5) is 2.39. The zero-order valence-corrected chi connectivity index (χ0v) is 12.0. The first-order valence-corrected chi connectivity index (χ1v) is 7.27. The molecule has 1 fully saturated rings. The molecule has 0 saturated carbocycles. The smallest absolute Gasteiger partial charge is 0.169 e. The third kappa shape index (κ3) is 3.31. The number of likely N-dealkylation sites (tertiary alicyclic amines) is 1. The van der Waals surface area contributed by atoms with E-state index in [9.17, 15) is 0 Å². The summed E-state index contributed by atoms with van der Waals surface area (Å²) < 4.78 is 0.902. The molecule has 0 aliphatic carbocycles. The third-order valence-corrected chi connectivity index (χ3v) is 4.25. The second kappa shape index (κ2) is 6.31. The minimum Gasteiger partial charge on any atom is -0.382 e. The summed E-state index contributed by atoms with van der Waals surface area (Å²) in [5, 5.41) is 10.6. The molecule has 1 aliphatic rings. The van der Waals surface area contributed by atoms with Gasteiger partial charge in [-0.1, -0.05) is 18.0 Å². The van der Waals surface area contributed by atoms with Crippen molar-refractivity contribution in [1.82, 2.24) is 15.1 Å². The average Bonchev–Trinajstić information content (AvgIpc) is 2.86. The van der Waals surface area contributed by atoms with E-state index in [1.807, 2.05) is 11.4 Å². The van der Waals surface area contributed by atoms with Crippen LogP contribution < -0.4 is 5.73 Å². The Hall–Kier alpha value is -0.910. The lowest BCUT2D eigenvalue weighted by Gasteiger charge is -2.20. The maximum Gasteiger partial charge on any atom is 0.169 e. The highest BCUT2D eigenvalue weighted by Crippen LogP contribution is 2.28. The van der Waals surface area contributed by atoms with Crippen LogP contribution in [0.25, 0.3) is 10.1 Å². The minimum absolute atomic E-state index is 0.421. The van der Waals surface area contributed by atoms with Gasteiger partial charge in [0.25, 0.3) is 0 Å². The van der Waals surface area contributed by atoms with Crippen molar-refractivity contribution in [3.63, 3.8) is 0 Å². The fourth-order valence-electron chi connectivity index (χ4n) is 1.92. The molecule has 0 atom stereocenters. The van der Waals surface area contributed by atoms with Gasteiger partial charge in [0.1, 0.15) is 0 Å². The number of nitrogens with two attached hydrogens (primary N) is 1. The quantitative estimate of drug-likeness (QED) is 0.808. The molecule has 0 radical (unpaired) electrons. The Morgan fingerprint density at radius 2 is 2.00 bits per heavy atom. The molecule has 2 aromatic rings. The van der Waals surface area contributed by atoms with Gasteiger partial charge in [0, 0.05) is 5.39 Å².